The maximum atomic E-state index is 9.52. The highest BCUT2D eigenvalue weighted by atomic mass is 17.1. The van der Waals surface area contributed by atoms with Gasteiger partial charge in [-0.15, -0.1) is 0 Å². The van der Waals surface area contributed by atoms with Crippen molar-refractivity contribution in [2.45, 2.75) is 31.3 Å². The summed E-state index contributed by atoms with van der Waals surface area (Å²) in [7, 11) is 0. The Balaban J connectivity index is 3.90. The summed E-state index contributed by atoms with van der Waals surface area (Å²) in [6.45, 7) is 0.615. The normalized spacial score (nSPS) is 21.5. The van der Waals surface area contributed by atoms with Crippen molar-refractivity contribution < 1.29 is 30.6 Å². The number of aliphatic hydroxyl groups is 4. The Labute approximate surface area is 69.6 Å². The third kappa shape index (κ3) is 3.44. The average Bonchev–Trinajstić information content (AvgIpc) is 2.02. The first-order valence-corrected chi connectivity index (χ1v) is 3.47. The van der Waals surface area contributed by atoms with E-state index in [4.69, 9.17) is 20.4 Å². The third-order valence-electron chi connectivity index (χ3n) is 1.48. The monoisotopic (exact) mass is 181 g/mol. The van der Waals surface area contributed by atoms with Crippen molar-refractivity contribution >= 4 is 0 Å². The van der Waals surface area contributed by atoms with Crippen LogP contribution in [0.2, 0.25) is 0 Å². The van der Waals surface area contributed by atoms with E-state index in [0.29, 0.717) is 0 Å². The first kappa shape index (κ1) is 11.8. The highest BCUT2D eigenvalue weighted by molar-refractivity contribution is 4.78. The Bertz CT molecular complexity index is 117. The van der Waals surface area contributed by atoms with E-state index in [-0.39, 0.29) is 0 Å². The van der Waals surface area contributed by atoms with Crippen LogP contribution in [0.15, 0.2) is 0 Å². The zero-order valence-electron chi connectivity index (χ0n) is 6.62. The smallest absolute Gasteiger partial charge is 0.114 e. The van der Waals surface area contributed by atoms with Gasteiger partial charge in [-0.25, -0.2) is 4.89 Å². The van der Waals surface area contributed by atoms with Gasteiger partial charge in [0.15, 0.2) is 0 Å². The minimum absolute atomic E-state index is 0.634. The summed E-state index contributed by atoms with van der Waals surface area (Å²) in [4.78, 5) is 3.30. The van der Waals surface area contributed by atoms with Crippen LogP contribution in [-0.4, -0.2) is 51.4 Å². The van der Waals surface area contributed by atoms with Gasteiger partial charge in [0, 0.05) is 0 Å². The molecular formula is C6H13O6. The van der Waals surface area contributed by atoms with Gasteiger partial charge in [0.25, 0.3) is 0 Å². The van der Waals surface area contributed by atoms with Gasteiger partial charge in [-0.1, -0.05) is 0 Å². The van der Waals surface area contributed by atoms with Gasteiger partial charge >= 0.3 is 0 Å². The second kappa shape index (κ2) is 5.41. The molecule has 0 aromatic heterocycles. The molecule has 0 heterocycles. The molecule has 1 radical (unpaired) electrons. The molecule has 4 atom stereocenters. The van der Waals surface area contributed by atoms with E-state index < -0.39 is 31.0 Å². The molecule has 6 heteroatoms. The molecule has 0 amide bonds. The number of hydrogen-bond acceptors (Lipinski definition) is 5. The van der Waals surface area contributed by atoms with E-state index in [9.17, 15) is 5.26 Å². The van der Waals surface area contributed by atoms with Crippen molar-refractivity contribution in [3.63, 3.8) is 0 Å². The lowest BCUT2D eigenvalue weighted by molar-refractivity contribution is -0.320. The Hall–Kier alpha value is -0.240. The molecule has 0 rings (SSSR count). The molecule has 0 aromatic rings. The molecule has 0 spiro atoms. The van der Waals surface area contributed by atoms with Gasteiger partial charge in [-0.05, 0) is 12.2 Å². The van der Waals surface area contributed by atoms with Crippen molar-refractivity contribution in [1.29, 1.82) is 0 Å². The molecule has 0 aliphatic rings. The van der Waals surface area contributed by atoms with Gasteiger partial charge in [0.05, 0.1) is 6.10 Å². The predicted octanol–water partition coefficient (Wildman–Crippen LogP) is -2.19. The summed E-state index contributed by atoms with van der Waals surface area (Å²) >= 11 is 0. The zero-order chi connectivity index (χ0) is 9.72. The minimum atomic E-state index is -1.58. The summed E-state index contributed by atoms with van der Waals surface area (Å²) in [6, 6.07) is 0. The van der Waals surface area contributed by atoms with Crippen molar-refractivity contribution in [3.05, 3.63) is 0 Å². The predicted molar refractivity (Wildman–Crippen MR) is 36.3 cm³/mol. The second-order valence-electron chi connectivity index (χ2n) is 2.57. The first-order valence-electron chi connectivity index (χ1n) is 3.47. The molecule has 0 saturated carbocycles. The highest BCUT2D eigenvalue weighted by Gasteiger charge is 2.28. The molecule has 0 unspecified atom stereocenters. The van der Waals surface area contributed by atoms with E-state index >= 15 is 0 Å². The van der Waals surface area contributed by atoms with Crippen LogP contribution in [-0.2, 0) is 10.1 Å². The van der Waals surface area contributed by atoms with E-state index in [1.54, 1.807) is 0 Å². The Kier molecular flexibility index (Phi) is 5.31. The van der Waals surface area contributed by atoms with Crippen LogP contribution < -0.4 is 0 Å². The van der Waals surface area contributed by atoms with Gasteiger partial charge in [-0.2, -0.15) is 0 Å². The van der Waals surface area contributed by atoms with Crippen molar-refractivity contribution in [1.82, 2.24) is 0 Å². The molecule has 73 valence electrons. The fraction of sp³-hybridized carbons (Fsp3) is 1.00. The van der Waals surface area contributed by atoms with Crippen LogP contribution >= 0.6 is 0 Å². The van der Waals surface area contributed by atoms with Crippen molar-refractivity contribution in [2.75, 3.05) is 6.61 Å². The molecule has 12 heavy (non-hydrogen) atoms. The summed E-state index contributed by atoms with van der Waals surface area (Å²) in [5.41, 5.74) is 0. The largest absolute Gasteiger partial charge is 0.391 e. The lowest BCUT2D eigenvalue weighted by Gasteiger charge is -2.23. The zero-order valence-corrected chi connectivity index (χ0v) is 6.62. The maximum absolute atomic E-state index is 9.52. The highest BCUT2D eigenvalue weighted by Crippen LogP contribution is 2.04. The summed E-state index contributed by atoms with van der Waals surface area (Å²) < 4.78 is 0. The van der Waals surface area contributed by atoms with Gasteiger partial charge < -0.3 is 20.4 Å². The molecule has 0 saturated heterocycles. The number of hydrogen-bond donors (Lipinski definition) is 4. The van der Waals surface area contributed by atoms with Crippen LogP contribution in [0.1, 0.15) is 6.92 Å². The second-order valence-corrected chi connectivity index (χ2v) is 2.57. The molecule has 4 N–H and O–H groups in total. The van der Waals surface area contributed by atoms with Gasteiger partial charge in [0.1, 0.15) is 24.9 Å². The molecule has 0 aliphatic carbocycles. The van der Waals surface area contributed by atoms with Crippen LogP contribution in [0.4, 0.5) is 0 Å². The maximum Gasteiger partial charge on any atom is 0.114 e. The topological polar surface area (TPSA) is 110 Å². The third-order valence-corrected chi connectivity index (χ3v) is 1.48. The molecule has 6 nitrogen and oxygen atoms in total. The lowest BCUT2D eigenvalue weighted by atomic mass is 10.0. The standard InChI is InChI=1S/C6H13O6/c1-3(7)5(9)6(10)4(8)2-12-11/h3-10H,2H2,1H3/t3-,4-,5-,6-/m1/s1. The fourth-order valence-corrected chi connectivity index (χ4v) is 0.681. The van der Waals surface area contributed by atoms with E-state index in [1.165, 1.54) is 6.92 Å². The average molecular weight is 181 g/mol. The molecule has 0 aliphatic heterocycles. The quantitative estimate of drug-likeness (QED) is 0.284. The van der Waals surface area contributed by atoms with Crippen molar-refractivity contribution in [2.24, 2.45) is 0 Å². The number of rotatable bonds is 5. The summed E-state index contributed by atoms with van der Waals surface area (Å²) in [5, 5.41) is 45.2. The van der Waals surface area contributed by atoms with Gasteiger partial charge in [0.2, 0.25) is 0 Å². The summed E-state index contributed by atoms with van der Waals surface area (Å²) in [5.74, 6) is 0. The number of aliphatic hydroxyl groups excluding tert-OH is 4. The Morgan fingerprint density at radius 2 is 1.67 bits per heavy atom. The Morgan fingerprint density at radius 1 is 1.17 bits per heavy atom. The van der Waals surface area contributed by atoms with Crippen molar-refractivity contribution in [3.8, 4) is 0 Å². The van der Waals surface area contributed by atoms with E-state index in [2.05, 4.69) is 4.89 Å². The molecule has 0 fully saturated rings. The summed E-state index contributed by atoms with van der Waals surface area (Å²) in [6.07, 6.45) is -5.75. The van der Waals surface area contributed by atoms with Crippen LogP contribution in [0.5, 0.6) is 0 Å². The minimum Gasteiger partial charge on any atom is -0.391 e. The fourth-order valence-electron chi connectivity index (χ4n) is 0.681. The molecule has 0 bridgehead atoms. The van der Waals surface area contributed by atoms with Crippen LogP contribution in [0.25, 0.3) is 0 Å². The molecular weight excluding hydrogens is 168 g/mol. The Morgan fingerprint density at radius 3 is 2.00 bits per heavy atom. The van der Waals surface area contributed by atoms with E-state index in [1.807, 2.05) is 0 Å². The first-order chi connectivity index (χ1) is 5.50. The van der Waals surface area contributed by atoms with Gasteiger partial charge in [-0.3, -0.25) is 0 Å². The lowest BCUT2D eigenvalue weighted by Crippen LogP contribution is -2.45. The van der Waals surface area contributed by atoms with Crippen LogP contribution in [0.3, 0.4) is 0 Å². The molecule has 0 aromatic carbocycles. The van der Waals surface area contributed by atoms with Crippen LogP contribution in [0, 0.1) is 0 Å². The SMILES string of the molecule is C[C@@H](O)[C@@H](O)[C@H](O)[C@H](O)CO[O]. The van der Waals surface area contributed by atoms with E-state index in [0.717, 1.165) is 0 Å².